The van der Waals surface area contributed by atoms with Crippen molar-refractivity contribution in [1.29, 1.82) is 0 Å². The third-order valence-electron chi connectivity index (χ3n) is 4.95. The number of rotatable bonds is 6. The Morgan fingerprint density at radius 2 is 1.02 bits per heavy atom. The van der Waals surface area contributed by atoms with Crippen LogP contribution in [0.5, 0.6) is 0 Å². The van der Waals surface area contributed by atoms with E-state index in [1.807, 2.05) is 61.9 Å². The number of nitrogens with zero attached hydrogens (tertiary/aromatic N) is 6. The van der Waals surface area contributed by atoms with Gasteiger partial charge in [-0.15, -0.1) is 57.2 Å². The Labute approximate surface area is 302 Å². The van der Waals surface area contributed by atoms with Gasteiger partial charge < -0.3 is 10.2 Å². The first-order valence-corrected chi connectivity index (χ1v) is 17.7. The Balaban J connectivity index is 0.000000288. The second kappa shape index (κ2) is 27.2. The van der Waals surface area contributed by atoms with Crippen molar-refractivity contribution in [3.05, 3.63) is 139 Å². The quantitative estimate of drug-likeness (QED) is 0.128. The van der Waals surface area contributed by atoms with Crippen LogP contribution in [0.25, 0.3) is 0 Å². The molecule has 0 bridgehead atoms. The second-order valence-electron chi connectivity index (χ2n) is 8.72. The highest BCUT2D eigenvalue weighted by Crippen LogP contribution is 2.09. The molecule has 2 N–H and O–H groups in total. The first kappa shape index (κ1) is 42.2. The molecule has 6 aromatic rings. The molecule has 0 radical (unpaired) electrons. The molecular weight excluding hydrogens is 712 g/mol. The van der Waals surface area contributed by atoms with Gasteiger partial charge in [0.15, 0.2) is 12.6 Å². The Hall–Kier alpha value is -3.82. The molecule has 0 spiro atoms. The van der Waals surface area contributed by atoms with Crippen molar-refractivity contribution in [2.45, 2.75) is 45.7 Å². The van der Waals surface area contributed by atoms with Gasteiger partial charge in [-0.05, 0) is 57.2 Å². The van der Waals surface area contributed by atoms with Gasteiger partial charge in [-0.2, -0.15) is 0 Å². The van der Waals surface area contributed by atoms with Crippen LogP contribution in [0.4, 0.5) is 0 Å². The monoisotopic (exact) mass is 746 g/mol. The fourth-order valence-corrected chi connectivity index (χ4v) is 4.96. The van der Waals surface area contributed by atoms with E-state index in [4.69, 9.17) is 33.4 Å². The second-order valence-corrected chi connectivity index (χ2v) is 12.4. The Morgan fingerprint density at radius 1 is 0.562 bits per heavy atom. The maximum Gasteiger partial charge on any atom is 0.169 e. The third-order valence-corrected chi connectivity index (χ3v) is 7.93. The van der Waals surface area contributed by atoms with Crippen molar-refractivity contribution < 1.29 is 19.8 Å². The molecule has 0 aromatic carbocycles. The number of hydrogen-bond donors (Lipinski definition) is 2. The highest BCUT2D eigenvalue weighted by Gasteiger charge is 1.94. The van der Waals surface area contributed by atoms with Crippen molar-refractivity contribution in [1.82, 2.24) is 29.9 Å². The molecule has 6 rings (SSSR count). The minimum Gasteiger partial charge on any atom is -0.390 e. The van der Waals surface area contributed by atoms with E-state index >= 15 is 0 Å². The lowest BCUT2D eigenvalue weighted by molar-refractivity contribution is 0.111. The smallest absolute Gasteiger partial charge is 0.169 e. The van der Waals surface area contributed by atoms with E-state index in [0.717, 1.165) is 44.7 Å². The number of aryl methyl sites for hydroxylation is 3. The number of carbonyl (C=O) groups excluding carboxylic acids is 2. The number of aliphatic hydroxyl groups excluding tert-OH is 2. The average molecular weight is 748 g/mol. The molecule has 15 heteroatoms. The first-order valence-electron chi connectivity index (χ1n) is 14.0. The molecule has 0 aliphatic heterocycles. The molecule has 0 amide bonds. The Bertz CT molecular complexity index is 1580. The lowest BCUT2D eigenvalue weighted by Crippen LogP contribution is -1.84. The van der Waals surface area contributed by atoms with Crippen LogP contribution in [0.3, 0.4) is 0 Å². The summed E-state index contributed by atoms with van der Waals surface area (Å²) >= 11 is 15.6. The van der Waals surface area contributed by atoms with Crippen LogP contribution in [-0.2, 0) is 25.0 Å². The van der Waals surface area contributed by atoms with E-state index < -0.39 is 0 Å². The van der Waals surface area contributed by atoms with Gasteiger partial charge in [-0.3, -0.25) is 24.5 Å². The van der Waals surface area contributed by atoms with Gasteiger partial charge in [-0.25, -0.2) is 15.0 Å². The van der Waals surface area contributed by atoms with Crippen molar-refractivity contribution in [2.24, 2.45) is 0 Å². The molecule has 0 aliphatic rings. The number of aromatic nitrogens is 6. The number of carbonyl (C=O) groups is 2. The zero-order valence-corrected chi connectivity index (χ0v) is 30.5. The van der Waals surface area contributed by atoms with E-state index in [-0.39, 0.29) is 13.2 Å². The number of hydrogen-bond acceptors (Lipinski definition) is 13. The van der Waals surface area contributed by atoms with Gasteiger partial charge in [0.1, 0.15) is 11.4 Å². The van der Waals surface area contributed by atoms with Crippen LogP contribution < -0.4 is 0 Å². The third kappa shape index (κ3) is 20.4. The Kier molecular flexibility index (Phi) is 23.9. The standard InChI is InChI=1S/C6H6ClN.C6H7NO.C6H5NO.C5H6ClNS.C5H7NOS.C5H5NOS/c7-5-6-3-1-2-4-8-6;2*8-5-6-3-1-2-4-7-6;1-4-7-5(2-6)3-8-4;2*1-4-6-5(2-7)3-8-4/h1-4H,5H2;1-4,8H,5H2;1-5H;3H,2H2,1H3;3,7H,2H2,1H3;2-3H,1H3. The molecule has 0 unspecified atom stereocenters. The number of alkyl halides is 2. The minimum absolute atomic E-state index is 0.0286. The van der Waals surface area contributed by atoms with Crippen molar-refractivity contribution in [2.75, 3.05) is 0 Å². The molecule has 254 valence electrons. The van der Waals surface area contributed by atoms with Crippen LogP contribution in [0.15, 0.2) is 89.3 Å². The van der Waals surface area contributed by atoms with Crippen LogP contribution in [-0.4, -0.2) is 52.7 Å². The summed E-state index contributed by atoms with van der Waals surface area (Å²) in [6.07, 6.45) is 6.45. The number of thiazole rings is 3. The van der Waals surface area contributed by atoms with Crippen LogP contribution in [0, 0.1) is 20.8 Å². The number of aliphatic hydroxyl groups is 2. The first-order chi connectivity index (χ1) is 23.3. The van der Waals surface area contributed by atoms with Gasteiger partial charge in [0.25, 0.3) is 0 Å². The highest BCUT2D eigenvalue weighted by atomic mass is 35.5. The van der Waals surface area contributed by atoms with Crippen molar-refractivity contribution >= 4 is 69.8 Å². The molecule has 6 heterocycles. The molecular formula is C33H36Cl2N6O4S3. The molecule has 0 saturated heterocycles. The fraction of sp³-hybridized carbons (Fsp3) is 0.212. The van der Waals surface area contributed by atoms with Gasteiger partial charge in [0.05, 0.1) is 62.8 Å². The van der Waals surface area contributed by atoms with Gasteiger partial charge >= 0.3 is 0 Å². The summed E-state index contributed by atoms with van der Waals surface area (Å²) in [5, 5.41) is 25.6. The predicted octanol–water partition coefficient (Wildman–Crippen LogP) is 7.69. The average Bonchev–Trinajstić information content (AvgIpc) is 3.91. The van der Waals surface area contributed by atoms with Crippen LogP contribution >= 0.6 is 57.2 Å². The van der Waals surface area contributed by atoms with E-state index in [1.54, 1.807) is 70.9 Å². The largest absolute Gasteiger partial charge is 0.390 e. The SMILES string of the molecule is Cc1nc(C=O)cs1.Cc1nc(CCl)cs1.Cc1nc(CO)cs1.ClCc1ccccn1.O=Cc1ccccn1.OCc1ccccn1. The lowest BCUT2D eigenvalue weighted by atomic mass is 10.4. The van der Waals surface area contributed by atoms with Gasteiger partial charge in [0.2, 0.25) is 0 Å². The topological polar surface area (TPSA) is 152 Å². The summed E-state index contributed by atoms with van der Waals surface area (Å²) in [5.41, 5.74) is 4.41. The summed E-state index contributed by atoms with van der Waals surface area (Å²) < 4.78 is 0. The summed E-state index contributed by atoms with van der Waals surface area (Å²) in [6, 6.07) is 16.3. The predicted molar refractivity (Wildman–Crippen MR) is 195 cm³/mol. The Morgan fingerprint density at radius 3 is 1.25 bits per heavy atom. The van der Waals surface area contributed by atoms with E-state index in [9.17, 15) is 9.59 Å². The van der Waals surface area contributed by atoms with Crippen molar-refractivity contribution in [3.8, 4) is 0 Å². The zero-order valence-electron chi connectivity index (χ0n) is 26.5. The number of halogens is 2. The number of pyridine rings is 3. The van der Waals surface area contributed by atoms with E-state index in [1.165, 1.54) is 11.3 Å². The molecule has 0 atom stereocenters. The molecule has 48 heavy (non-hydrogen) atoms. The molecule has 0 saturated carbocycles. The summed E-state index contributed by atoms with van der Waals surface area (Å²) in [6.45, 7) is 5.85. The fourth-order valence-electron chi connectivity index (χ4n) is 2.80. The van der Waals surface area contributed by atoms with Gasteiger partial charge in [0, 0.05) is 34.7 Å². The molecule has 10 nitrogen and oxygen atoms in total. The molecule has 0 aliphatic carbocycles. The molecule has 0 fully saturated rings. The van der Waals surface area contributed by atoms with Crippen LogP contribution in [0.2, 0.25) is 0 Å². The van der Waals surface area contributed by atoms with Gasteiger partial charge in [-0.1, -0.05) is 18.2 Å². The zero-order chi connectivity index (χ0) is 35.4. The summed E-state index contributed by atoms with van der Waals surface area (Å²) in [5.74, 6) is 1.03. The number of aldehydes is 2. The maximum absolute atomic E-state index is 9.96. The van der Waals surface area contributed by atoms with Crippen LogP contribution in [0.1, 0.15) is 58.8 Å². The van der Waals surface area contributed by atoms with Crippen molar-refractivity contribution in [3.63, 3.8) is 0 Å². The summed E-state index contributed by atoms with van der Waals surface area (Å²) in [4.78, 5) is 43.4. The maximum atomic E-state index is 9.96. The molecule has 6 aromatic heterocycles. The van der Waals surface area contributed by atoms with E-state index in [0.29, 0.717) is 28.8 Å². The normalized spacial score (nSPS) is 9.23. The minimum atomic E-state index is 0.0286. The van der Waals surface area contributed by atoms with E-state index in [2.05, 4.69) is 29.9 Å². The highest BCUT2D eigenvalue weighted by molar-refractivity contribution is 7.10. The summed E-state index contributed by atoms with van der Waals surface area (Å²) in [7, 11) is 0. The lowest BCUT2D eigenvalue weighted by Gasteiger charge is -1.88.